The number of hydrogen-bond donors (Lipinski definition) is 2. The lowest BCUT2D eigenvalue weighted by Crippen LogP contribution is -2.50. The third-order valence-electron chi connectivity index (χ3n) is 4.59. The number of likely N-dealkylation sites (tertiary alicyclic amines) is 1. The van der Waals surface area contributed by atoms with Crippen LogP contribution in [0.5, 0.6) is 0 Å². The lowest BCUT2D eigenvalue weighted by molar-refractivity contribution is 0.0440. The summed E-state index contributed by atoms with van der Waals surface area (Å²) in [5.41, 5.74) is 1.37. The van der Waals surface area contributed by atoms with Crippen LogP contribution in [0.3, 0.4) is 0 Å². The Morgan fingerprint density at radius 3 is 2.92 bits per heavy atom. The molecule has 3 heterocycles. The molecule has 2 aromatic rings. The van der Waals surface area contributed by atoms with Crippen LogP contribution in [-0.4, -0.2) is 50.7 Å². The number of nitrogens with zero attached hydrogens (tertiary/aromatic N) is 3. The average Bonchev–Trinajstić information content (AvgIpc) is 2.93. The number of carbonyl (C=O) groups excluding carboxylic acids is 1. The van der Waals surface area contributed by atoms with E-state index in [1.165, 1.54) is 6.33 Å². The molecular formula is C18H26ClN5O2. The number of hydrogen-bond acceptors (Lipinski definition) is 5. The minimum absolute atomic E-state index is 0.121. The van der Waals surface area contributed by atoms with Gasteiger partial charge in [-0.25, -0.2) is 14.8 Å². The van der Waals surface area contributed by atoms with Crippen LogP contribution >= 0.6 is 11.6 Å². The minimum Gasteiger partial charge on any atom is -0.444 e. The third kappa shape index (κ3) is 4.45. The number of amides is 1. The van der Waals surface area contributed by atoms with Crippen molar-refractivity contribution in [1.29, 1.82) is 0 Å². The van der Waals surface area contributed by atoms with E-state index in [1.54, 1.807) is 0 Å². The third-order valence-corrected chi connectivity index (χ3v) is 4.88. The highest BCUT2D eigenvalue weighted by Crippen LogP contribution is 2.26. The molecule has 2 atom stereocenters. The van der Waals surface area contributed by atoms with E-state index >= 15 is 0 Å². The van der Waals surface area contributed by atoms with Crippen molar-refractivity contribution in [2.45, 2.75) is 52.3 Å². The predicted molar refractivity (Wildman–Crippen MR) is 101 cm³/mol. The Morgan fingerprint density at radius 1 is 1.46 bits per heavy atom. The standard InChI is InChI=1S/C18H26ClN5O2/c1-11-8-24(6-5-13(11)23-17(25)26-18(2,3)4)9-12-7-20-16-14(12)15(19)21-10-22-16/h7,10-11,13H,5-6,8-9H2,1-4H3,(H,23,25)(H,20,21,22). The molecule has 1 aliphatic rings. The number of H-pyrrole nitrogens is 1. The Morgan fingerprint density at radius 2 is 2.23 bits per heavy atom. The highest BCUT2D eigenvalue weighted by atomic mass is 35.5. The van der Waals surface area contributed by atoms with E-state index in [0.717, 1.165) is 42.7 Å². The number of rotatable bonds is 3. The first-order valence-corrected chi connectivity index (χ1v) is 9.29. The van der Waals surface area contributed by atoms with Crippen LogP contribution in [0.15, 0.2) is 12.5 Å². The SMILES string of the molecule is CC1CN(Cc2c[nH]c3ncnc(Cl)c23)CCC1NC(=O)OC(C)(C)C. The molecule has 26 heavy (non-hydrogen) atoms. The molecule has 0 bridgehead atoms. The van der Waals surface area contributed by atoms with Gasteiger partial charge in [-0.1, -0.05) is 18.5 Å². The van der Waals surface area contributed by atoms with E-state index in [4.69, 9.17) is 16.3 Å². The minimum atomic E-state index is -0.481. The van der Waals surface area contributed by atoms with Crippen molar-refractivity contribution < 1.29 is 9.53 Å². The van der Waals surface area contributed by atoms with Gasteiger partial charge in [0.2, 0.25) is 0 Å². The summed E-state index contributed by atoms with van der Waals surface area (Å²) in [7, 11) is 0. The van der Waals surface area contributed by atoms with E-state index in [2.05, 4.69) is 32.1 Å². The number of ether oxygens (including phenoxy) is 1. The fourth-order valence-corrected chi connectivity index (χ4v) is 3.65. The van der Waals surface area contributed by atoms with Crippen LogP contribution in [0.1, 0.15) is 39.7 Å². The van der Waals surface area contributed by atoms with Gasteiger partial charge in [0.1, 0.15) is 22.7 Å². The van der Waals surface area contributed by atoms with E-state index < -0.39 is 5.60 Å². The van der Waals surface area contributed by atoms with Gasteiger partial charge in [-0.05, 0) is 38.7 Å². The molecule has 2 N–H and O–H groups in total. The summed E-state index contributed by atoms with van der Waals surface area (Å²) >= 11 is 6.23. The molecule has 0 radical (unpaired) electrons. The van der Waals surface area contributed by atoms with Gasteiger partial charge in [-0.3, -0.25) is 4.90 Å². The van der Waals surface area contributed by atoms with Gasteiger partial charge in [0.15, 0.2) is 0 Å². The van der Waals surface area contributed by atoms with Crippen molar-refractivity contribution in [3.63, 3.8) is 0 Å². The molecule has 0 aromatic carbocycles. The summed E-state index contributed by atoms with van der Waals surface area (Å²) in [6.45, 7) is 10.3. The molecular weight excluding hydrogens is 354 g/mol. The maximum atomic E-state index is 12.0. The second-order valence-corrected chi connectivity index (χ2v) is 8.31. The first-order valence-electron chi connectivity index (χ1n) is 8.91. The molecule has 7 nitrogen and oxygen atoms in total. The zero-order chi connectivity index (χ0) is 18.9. The fourth-order valence-electron chi connectivity index (χ4n) is 3.40. The van der Waals surface area contributed by atoms with Crippen molar-refractivity contribution in [1.82, 2.24) is 25.2 Å². The van der Waals surface area contributed by atoms with Crippen LogP contribution in [0.2, 0.25) is 5.15 Å². The van der Waals surface area contributed by atoms with Gasteiger partial charge in [0.05, 0.1) is 5.39 Å². The molecule has 2 aromatic heterocycles. The molecule has 2 unspecified atom stereocenters. The molecule has 1 aliphatic heterocycles. The monoisotopic (exact) mass is 379 g/mol. The summed E-state index contributed by atoms with van der Waals surface area (Å²) in [5, 5.41) is 4.37. The van der Waals surface area contributed by atoms with E-state index in [-0.39, 0.29) is 12.1 Å². The Hall–Kier alpha value is -1.86. The second kappa shape index (κ2) is 7.40. The van der Waals surface area contributed by atoms with Crippen molar-refractivity contribution >= 4 is 28.7 Å². The summed E-state index contributed by atoms with van der Waals surface area (Å²) in [6, 6.07) is 0.121. The molecule has 142 valence electrons. The summed E-state index contributed by atoms with van der Waals surface area (Å²) in [6.07, 6.45) is 3.94. The Labute approximate surface area is 158 Å². The van der Waals surface area contributed by atoms with E-state index in [1.807, 2.05) is 27.0 Å². The number of halogens is 1. The molecule has 0 aliphatic carbocycles. The van der Waals surface area contributed by atoms with Gasteiger partial charge < -0.3 is 15.0 Å². The molecule has 1 fully saturated rings. The molecule has 1 saturated heterocycles. The summed E-state index contributed by atoms with van der Waals surface area (Å²) < 4.78 is 5.37. The Kier molecular flexibility index (Phi) is 5.39. The molecule has 1 amide bonds. The lowest BCUT2D eigenvalue weighted by Gasteiger charge is -2.37. The summed E-state index contributed by atoms with van der Waals surface area (Å²) in [5.74, 6) is 0.327. The fraction of sp³-hybridized carbons (Fsp3) is 0.611. The number of aromatic nitrogens is 3. The first-order chi connectivity index (χ1) is 12.2. The number of alkyl carbamates (subject to hydrolysis) is 1. The van der Waals surface area contributed by atoms with Crippen molar-refractivity contribution in [2.75, 3.05) is 13.1 Å². The van der Waals surface area contributed by atoms with Gasteiger partial charge in [-0.2, -0.15) is 0 Å². The number of carbonyl (C=O) groups is 1. The van der Waals surface area contributed by atoms with E-state index in [9.17, 15) is 4.79 Å². The van der Waals surface area contributed by atoms with Crippen LogP contribution < -0.4 is 5.32 Å². The Balaban J connectivity index is 1.59. The predicted octanol–water partition coefficient (Wildman–Crippen LogP) is 3.35. The molecule has 8 heteroatoms. The van der Waals surface area contributed by atoms with Crippen molar-refractivity contribution in [2.24, 2.45) is 5.92 Å². The second-order valence-electron chi connectivity index (χ2n) is 7.96. The highest BCUT2D eigenvalue weighted by Gasteiger charge is 2.29. The van der Waals surface area contributed by atoms with Gasteiger partial charge in [-0.15, -0.1) is 0 Å². The van der Waals surface area contributed by atoms with Crippen LogP contribution in [-0.2, 0) is 11.3 Å². The smallest absolute Gasteiger partial charge is 0.407 e. The van der Waals surface area contributed by atoms with Gasteiger partial charge >= 0.3 is 6.09 Å². The first kappa shape index (κ1) is 18.9. The summed E-state index contributed by atoms with van der Waals surface area (Å²) in [4.78, 5) is 25.8. The van der Waals surface area contributed by atoms with E-state index in [0.29, 0.717) is 11.1 Å². The van der Waals surface area contributed by atoms with Crippen molar-refractivity contribution in [3.05, 3.63) is 23.2 Å². The molecule has 3 rings (SSSR count). The average molecular weight is 380 g/mol. The van der Waals surface area contributed by atoms with Gasteiger partial charge in [0.25, 0.3) is 0 Å². The number of fused-ring (bicyclic) bond motifs is 1. The topological polar surface area (TPSA) is 83.1 Å². The number of piperidine rings is 1. The number of nitrogens with one attached hydrogen (secondary N) is 2. The normalized spacial score (nSPS) is 21.7. The van der Waals surface area contributed by atoms with Crippen molar-refractivity contribution in [3.8, 4) is 0 Å². The van der Waals surface area contributed by atoms with Crippen LogP contribution in [0.25, 0.3) is 11.0 Å². The van der Waals surface area contributed by atoms with Crippen LogP contribution in [0, 0.1) is 5.92 Å². The largest absolute Gasteiger partial charge is 0.444 e. The maximum absolute atomic E-state index is 12.0. The zero-order valence-corrected chi connectivity index (χ0v) is 16.4. The molecule has 0 spiro atoms. The maximum Gasteiger partial charge on any atom is 0.407 e. The lowest BCUT2D eigenvalue weighted by atomic mass is 9.93. The molecule has 0 saturated carbocycles. The number of aromatic amines is 1. The van der Waals surface area contributed by atoms with Crippen LogP contribution in [0.4, 0.5) is 4.79 Å². The zero-order valence-electron chi connectivity index (χ0n) is 15.7. The quantitative estimate of drug-likeness (QED) is 0.799. The van der Waals surface area contributed by atoms with Gasteiger partial charge in [0, 0.05) is 31.9 Å². The highest BCUT2D eigenvalue weighted by molar-refractivity contribution is 6.34. The Bertz CT molecular complexity index is 785.